The summed E-state index contributed by atoms with van der Waals surface area (Å²) in [5.41, 5.74) is 2.91. The van der Waals surface area contributed by atoms with Crippen molar-refractivity contribution in [1.82, 2.24) is 4.31 Å². The van der Waals surface area contributed by atoms with Gasteiger partial charge in [0.1, 0.15) is 10.7 Å². The number of aliphatic imine (C=N–C) groups is 1. The van der Waals surface area contributed by atoms with Gasteiger partial charge in [-0.05, 0) is 76.7 Å². The lowest BCUT2D eigenvalue weighted by Crippen LogP contribution is -2.46. The highest BCUT2D eigenvalue weighted by Crippen LogP contribution is 2.33. The first kappa shape index (κ1) is 22.6. The summed E-state index contributed by atoms with van der Waals surface area (Å²) in [6.45, 7) is 2.03. The van der Waals surface area contributed by atoms with Crippen molar-refractivity contribution in [1.29, 1.82) is 0 Å². The van der Waals surface area contributed by atoms with Crippen LogP contribution in [0.25, 0.3) is 5.57 Å². The number of nitrogens with zero attached hydrogens (tertiary/aromatic N) is 2. The molecule has 0 radical (unpaired) electrons. The zero-order valence-electron chi connectivity index (χ0n) is 16.7. The molecule has 0 aliphatic carbocycles. The first-order valence-electron chi connectivity index (χ1n) is 9.88. The quantitative estimate of drug-likeness (QED) is 0.608. The van der Waals surface area contributed by atoms with Gasteiger partial charge in [0, 0.05) is 25.2 Å². The van der Waals surface area contributed by atoms with Gasteiger partial charge in [0.2, 0.25) is 10.0 Å². The number of hydrogen-bond acceptors (Lipinski definition) is 4. The molecule has 0 aromatic heterocycles. The molecule has 1 fully saturated rings. The molecule has 2 aliphatic rings. The SMILES string of the molecule is CC1CC(O)CCN1S(=O)(=O)c1cc(C2=NC=C(c3ccc(Br)c(F)c3)C2)ccc1Cl. The van der Waals surface area contributed by atoms with Gasteiger partial charge in [0.05, 0.1) is 21.3 Å². The third-order valence-corrected chi connectivity index (χ3v) is 8.80. The van der Waals surface area contributed by atoms with Gasteiger partial charge in [-0.1, -0.05) is 23.7 Å². The zero-order valence-corrected chi connectivity index (χ0v) is 19.9. The Bertz CT molecular complexity index is 1200. The van der Waals surface area contributed by atoms with Crippen molar-refractivity contribution in [2.24, 2.45) is 4.99 Å². The number of piperidine rings is 1. The summed E-state index contributed by atoms with van der Waals surface area (Å²) in [4.78, 5) is 4.47. The van der Waals surface area contributed by atoms with E-state index < -0.39 is 16.1 Å². The van der Waals surface area contributed by atoms with Gasteiger partial charge in [-0.25, -0.2) is 12.8 Å². The molecule has 0 spiro atoms. The van der Waals surface area contributed by atoms with Crippen molar-refractivity contribution in [2.75, 3.05) is 6.54 Å². The molecular weight excluding hydrogens is 507 g/mol. The molecule has 2 atom stereocenters. The molecule has 31 heavy (non-hydrogen) atoms. The third-order valence-electron chi connectivity index (χ3n) is 5.66. The first-order valence-corrected chi connectivity index (χ1v) is 12.5. The summed E-state index contributed by atoms with van der Waals surface area (Å²) in [6, 6.07) is 9.42. The Kier molecular flexibility index (Phi) is 6.38. The Balaban J connectivity index is 1.60. The average Bonchev–Trinajstić information content (AvgIpc) is 3.20. The Morgan fingerprint density at radius 1 is 1.23 bits per heavy atom. The lowest BCUT2D eigenvalue weighted by molar-refractivity contribution is 0.0867. The van der Waals surface area contributed by atoms with E-state index in [9.17, 15) is 17.9 Å². The van der Waals surface area contributed by atoms with Gasteiger partial charge in [0.15, 0.2) is 0 Å². The predicted octanol–water partition coefficient (Wildman–Crippen LogP) is 5.01. The second-order valence-corrected chi connectivity index (χ2v) is 10.9. The highest BCUT2D eigenvalue weighted by Gasteiger charge is 2.35. The number of aliphatic hydroxyl groups excluding tert-OH is 1. The van der Waals surface area contributed by atoms with E-state index in [-0.39, 0.29) is 28.3 Å². The fourth-order valence-corrected chi connectivity index (χ4v) is 6.37. The largest absolute Gasteiger partial charge is 0.393 e. The van der Waals surface area contributed by atoms with Crippen LogP contribution < -0.4 is 0 Å². The van der Waals surface area contributed by atoms with E-state index in [1.807, 2.05) is 0 Å². The molecule has 2 unspecified atom stereocenters. The summed E-state index contributed by atoms with van der Waals surface area (Å²) in [5.74, 6) is -0.354. The lowest BCUT2D eigenvalue weighted by atomic mass is 9.99. The smallest absolute Gasteiger partial charge is 0.244 e. The van der Waals surface area contributed by atoms with Crippen LogP contribution in [0.3, 0.4) is 0 Å². The molecule has 2 aliphatic heterocycles. The summed E-state index contributed by atoms with van der Waals surface area (Å²) in [7, 11) is -3.83. The molecule has 0 saturated carbocycles. The zero-order chi connectivity index (χ0) is 22.3. The first-order chi connectivity index (χ1) is 14.7. The van der Waals surface area contributed by atoms with Gasteiger partial charge < -0.3 is 5.11 Å². The number of sulfonamides is 1. The number of allylic oxidation sites excluding steroid dienone is 1. The van der Waals surface area contributed by atoms with E-state index in [1.54, 1.807) is 43.5 Å². The summed E-state index contributed by atoms with van der Waals surface area (Å²) in [6.07, 6.45) is 2.41. The number of benzene rings is 2. The van der Waals surface area contributed by atoms with Crippen LogP contribution in [0.1, 0.15) is 37.3 Å². The Hall–Kier alpha value is -1.58. The van der Waals surface area contributed by atoms with Crippen molar-refractivity contribution >= 4 is 48.8 Å². The summed E-state index contributed by atoms with van der Waals surface area (Å²) in [5, 5.41) is 9.97. The average molecular weight is 528 g/mol. The maximum atomic E-state index is 13.9. The van der Waals surface area contributed by atoms with E-state index in [2.05, 4.69) is 20.9 Å². The van der Waals surface area contributed by atoms with Crippen LogP contribution in [0.15, 0.2) is 57.0 Å². The molecule has 0 amide bonds. The molecule has 9 heteroatoms. The van der Waals surface area contributed by atoms with E-state index >= 15 is 0 Å². The number of halogens is 3. The Labute approximate surface area is 194 Å². The number of rotatable bonds is 4. The summed E-state index contributed by atoms with van der Waals surface area (Å²) >= 11 is 9.44. The van der Waals surface area contributed by atoms with Gasteiger partial charge in [-0.2, -0.15) is 4.31 Å². The molecular formula is C22H21BrClFN2O3S. The molecule has 4 rings (SSSR count). The van der Waals surface area contributed by atoms with E-state index in [0.29, 0.717) is 35.0 Å². The predicted molar refractivity (Wildman–Crippen MR) is 123 cm³/mol. The van der Waals surface area contributed by atoms with Crippen LogP contribution in [0.2, 0.25) is 5.02 Å². The lowest BCUT2D eigenvalue weighted by Gasteiger charge is -2.35. The topological polar surface area (TPSA) is 70.0 Å². The van der Waals surface area contributed by atoms with Crippen LogP contribution in [0, 0.1) is 5.82 Å². The monoisotopic (exact) mass is 526 g/mol. The second-order valence-electron chi connectivity index (χ2n) is 7.82. The molecule has 2 aromatic rings. The van der Waals surface area contributed by atoms with Crippen molar-refractivity contribution in [2.45, 2.75) is 43.2 Å². The van der Waals surface area contributed by atoms with E-state index in [0.717, 1.165) is 11.1 Å². The van der Waals surface area contributed by atoms with Gasteiger partial charge in [0.25, 0.3) is 0 Å². The van der Waals surface area contributed by atoms with Crippen molar-refractivity contribution in [3.8, 4) is 0 Å². The van der Waals surface area contributed by atoms with Crippen molar-refractivity contribution in [3.05, 3.63) is 69.0 Å². The van der Waals surface area contributed by atoms with Gasteiger partial charge in [-0.3, -0.25) is 4.99 Å². The van der Waals surface area contributed by atoms with Crippen LogP contribution in [-0.2, 0) is 10.0 Å². The molecule has 2 heterocycles. The maximum absolute atomic E-state index is 13.9. The van der Waals surface area contributed by atoms with Crippen LogP contribution >= 0.6 is 27.5 Å². The number of aliphatic hydroxyl groups is 1. The highest BCUT2D eigenvalue weighted by atomic mass is 79.9. The standard InChI is InChI=1S/C22H21BrClFN2O3S/c1-13-8-17(28)6-7-27(13)31(29,30)22-11-15(3-5-19(22)24)21-10-16(12-26-21)14-2-4-18(23)20(25)9-14/h2-5,9,11-13,17,28H,6-8,10H2,1H3. The van der Waals surface area contributed by atoms with Crippen LogP contribution in [-0.4, -0.2) is 42.2 Å². The van der Waals surface area contributed by atoms with Gasteiger partial charge in [-0.15, -0.1) is 0 Å². The minimum atomic E-state index is -3.83. The normalized spacial score (nSPS) is 22.4. The molecule has 0 bridgehead atoms. The maximum Gasteiger partial charge on any atom is 0.244 e. The Morgan fingerprint density at radius 2 is 1.97 bits per heavy atom. The van der Waals surface area contributed by atoms with Crippen molar-refractivity contribution < 1.29 is 17.9 Å². The van der Waals surface area contributed by atoms with Crippen LogP contribution in [0.4, 0.5) is 4.39 Å². The van der Waals surface area contributed by atoms with Crippen LogP contribution in [0.5, 0.6) is 0 Å². The molecule has 164 valence electrons. The Morgan fingerprint density at radius 3 is 2.68 bits per heavy atom. The van der Waals surface area contributed by atoms with Gasteiger partial charge >= 0.3 is 0 Å². The van der Waals surface area contributed by atoms with E-state index in [1.165, 1.54) is 10.4 Å². The fourth-order valence-electron chi connectivity index (χ4n) is 3.97. The fraction of sp³-hybridized carbons (Fsp3) is 0.318. The highest BCUT2D eigenvalue weighted by molar-refractivity contribution is 9.10. The molecule has 2 aromatic carbocycles. The third kappa shape index (κ3) is 4.50. The molecule has 5 nitrogen and oxygen atoms in total. The molecule has 1 N–H and O–H groups in total. The van der Waals surface area contributed by atoms with E-state index in [4.69, 9.17) is 11.6 Å². The minimum absolute atomic E-state index is 0.0285. The van der Waals surface area contributed by atoms with Crippen molar-refractivity contribution in [3.63, 3.8) is 0 Å². The molecule has 1 saturated heterocycles. The second kappa shape index (κ2) is 8.75. The minimum Gasteiger partial charge on any atom is -0.393 e. The number of hydrogen-bond donors (Lipinski definition) is 1. The summed E-state index contributed by atoms with van der Waals surface area (Å²) < 4.78 is 42.3.